The number of benzene rings is 1. The van der Waals surface area contributed by atoms with Gasteiger partial charge in [-0.15, -0.1) is 0 Å². The molecule has 94 valence electrons. The minimum absolute atomic E-state index is 0.233. The van der Waals surface area contributed by atoms with Crippen LogP contribution in [0.25, 0.3) is 0 Å². The highest BCUT2D eigenvalue weighted by Crippen LogP contribution is 2.14. The van der Waals surface area contributed by atoms with E-state index in [0.29, 0.717) is 19.5 Å². The van der Waals surface area contributed by atoms with Gasteiger partial charge in [0.05, 0.1) is 5.75 Å². The van der Waals surface area contributed by atoms with Gasteiger partial charge in [0.25, 0.3) is 0 Å². The van der Waals surface area contributed by atoms with Crippen LogP contribution in [-0.4, -0.2) is 31.6 Å². The summed E-state index contributed by atoms with van der Waals surface area (Å²) in [7, 11) is -3.05. The van der Waals surface area contributed by atoms with Crippen molar-refractivity contribution < 1.29 is 8.42 Å². The van der Waals surface area contributed by atoms with E-state index < -0.39 is 10.0 Å². The predicted molar refractivity (Wildman–Crippen MR) is 69.4 cm³/mol. The van der Waals surface area contributed by atoms with Crippen LogP contribution in [-0.2, 0) is 16.4 Å². The average Bonchev–Trinajstić information content (AvgIpc) is 2.39. The number of sulfonamides is 1. The summed E-state index contributed by atoms with van der Waals surface area (Å²) in [5, 5.41) is 0. The van der Waals surface area contributed by atoms with Gasteiger partial charge in [-0.2, -0.15) is 0 Å². The molecule has 1 aromatic carbocycles. The summed E-state index contributed by atoms with van der Waals surface area (Å²) in [6.07, 6.45) is 3.78. The monoisotopic (exact) mass is 253 g/mol. The van der Waals surface area contributed by atoms with Gasteiger partial charge in [-0.05, 0) is 24.8 Å². The van der Waals surface area contributed by atoms with E-state index in [4.69, 9.17) is 0 Å². The van der Waals surface area contributed by atoms with Crippen molar-refractivity contribution in [2.45, 2.75) is 25.7 Å². The van der Waals surface area contributed by atoms with E-state index in [9.17, 15) is 8.42 Å². The molecule has 1 aliphatic heterocycles. The van der Waals surface area contributed by atoms with E-state index in [0.717, 1.165) is 24.8 Å². The number of nitrogens with zero attached hydrogens (tertiary/aromatic N) is 1. The molecule has 1 aliphatic rings. The SMILES string of the molecule is O=S(=O)(CCc1ccccc1)N1CCCCC1. The van der Waals surface area contributed by atoms with Gasteiger partial charge in [-0.25, -0.2) is 12.7 Å². The maximum Gasteiger partial charge on any atom is 0.214 e. The molecule has 0 spiro atoms. The van der Waals surface area contributed by atoms with Gasteiger partial charge in [-0.3, -0.25) is 0 Å². The summed E-state index contributed by atoms with van der Waals surface area (Å²) in [6, 6.07) is 9.80. The first-order valence-corrected chi connectivity index (χ1v) is 7.81. The molecular formula is C13H19NO2S. The molecule has 0 bridgehead atoms. The van der Waals surface area contributed by atoms with Crippen LogP contribution in [0.5, 0.6) is 0 Å². The van der Waals surface area contributed by atoms with E-state index >= 15 is 0 Å². The zero-order chi connectivity index (χ0) is 12.1. The molecule has 17 heavy (non-hydrogen) atoms. The lowest BCUT2D eigenvalue weighted by Gasteiger charge is -2.25. The smallest absolute Gasteiger partial charge is 0.212 e. The molecule has 0 unspecified atom stereocenters. The topological polar surface area (TPSA) is 37.4 Å². The van der Waals surface area contributed by atoms with Gasteiger partial charge in [0.2, 0.25) is 10.0 Å². The molecule has 0 N–H and O–H groups in total. The fraction of sp³-hybridized carbons (Fsp3) is 0.538. The fourth-order valence-corrected chi connectivity index (χ4v) is 3.73. The molecule has 4 heteroatoms. The van der Waals surface area contributed by atoms with Crippen molar-refractivity contribution in [2.24, 2.45) is 0 Å². The highest BCUT2D eigenvalue weighted by Gasteiger charge is 2.23. The second kappa shape index (κ2) is 5.65. The first kappa shape index (κ1) is 12.6. The molecule has 2 rings (SSSR count). The molecule has 1 saturated heterocycles. The van der Waals surface area contributed by atoms with Crippen LogP contribution < -0.4 is 0 Å². The van der Waals surface area contributed by atoms with Crippen molar-refractivity contribution >= 4 is 10.0 Å². The molecular weight excluding hydrogens is 234 g/mol. The van der Waals surface area contributed by atoms with E-state index in [-0.39, 0.29) is 5.75 Å². The molecule has 0 atom stereocenters. The second-order valence-corrected chi connectivity index (χ2v) is 6.60. The summed E-state index contributed by atoms with van der Waals surface area (Å²) < 4.78 is 25.8. The summed E-state index contributed by atoms with van der Waals surface area (Å²) in [5.41, 5.74) is 1.09. The van der Waals surface area contributed by atoms with E-state index in [1.54, 1.807) is 4.31 Å². The summed E-state index contributed by atoms with van der Waals surface area (Å²) in [6.45, 7) is 1.41. The van der Waals surface area contributed by atoms with Crippen molar-refractivity contribution in [1.29, 1.82) is 0 Å². The van der Waals surface area contributed by atoms with Gasteiger partial charge in [-0.1, -0.05) is 36.8 Å². The van der Waals surface area contributed by atoms with Gasteiger partial charge in [0.15, 0.2) is 0 Å². The van der Waals surface area contributed by atoms with Crippen LogP contribution >= 0.6 is 0 Å². The third-order valence-corrected chi connectivity index (χ3v) is 5.07. The number of piperidine rings is 1. The molecule has 0 aliphatic carbocycles. The normalized spacial score (nSPS) is 18.1. The highest BCUT2D eigenvalue weighted by atomic mass is 32.2. The minimum atomic E-state index is -3.05. The van der Waals surface area contributed by atoms with Crippen LogP contribution in [0.4, 0.5) is 0 Å². The Morgan fingerprint density at radius 2 is 1.65 bits per heavy atom. The third kappa shape index (κ3) is 3.54. The Morgan fingerprint density at radius 1 is 1.00 bits per heavy atom. The van der Waals surface area contributed by atoms with Crippen LogP contribution in [0.15, 0.2) is 30.3 Å². The predicted octanol–water partition coefficient (Wildman–Crippen LogP) is 2.04. The van der Waals surface area contributed by atoms with Gasteiger partial charge in [0.1, 0.15) is 0 Å². The minimum Gasteiger partial charge on any atom is -0.212 e. The maximum absolute atomic E-state index is 12.1. The lowest BCUT2D eigenvalue weighted by Crippen LogP contribution is -2.37. The molecule has 0 aromatic heterocycles. The van der Waals surface area contributed by atoms with Crippen molar-refractivity contribution in [2.75, 3.05) is 18.8 Å². The molecule has 0 amide bonds. The first-order chi connectivity index (χ1) is 8.18. The van der Waals surface area contributed by atoms with Crippen LogP contribution in [0, 0.1) is 0 Å². The average molecular weight is 253 g/mol. The van der Waals surface area contributed by atoms with E-state index in [2.05, 4.69) is 0 Å². The Hall–Kier alpha value is -0.870. The zero-order valence-corrected chi connectivity index (χ0v) is 10.8. The highest BCUT2D eigenvalue weighted by molar-refractivity contribution is 7.89. The number of rotatable bonds is 4. The fourth-order valence-electron chi connectivity index (χ4n) is 2.16. The van der Waals surface area contributed by atoms with Crippen molar-refractivity contribution in [3.63, 3.8) is 0 Å². The summed E-state index contributed by atoms with van der Waals surface area (Å²) in [5.74, 6) is 0.233. The van der Waals surface area contributed by atoms with Crippen LogP contribution in [0.2, 0.25) is 0 Å². The Bertz CT molecular complexity index is 436. The molecule has 1 aromatic rings. The summed E-state index contributed by atoms with van der Waals surface area (Å²) >= 11 is 0. The molecule has 1 fully saturated rings. The largest absolute Gasteiger partial charge is 0.214 e. The standard InChI is InChI=1S/C13H19NO2S/c15-17(16,14-10-5-2-6-11-14)12-9-13-7-3-1-4-8-13/h1,3-4,7-8H,2,5-6,9-12H2. The molecule has 0 radical (unpaired) electrons. The number of hydrogen-bond donors (Lipinski definition) is 0. The quantitative estimate of drug-likeness (QED) is 0.823. The van der Waals surface area contributed by atoms with Crippen molar-refractivity contribution in [3.8, 4) is 0 Å². The second-order valence-electron chi connectivity index (χ2n) is 4.51. The van der Waals surface area contributed by atoms with Gasteiger partial charge in [0, 0.05) is 13.1 Å². The van der Waals surface area contributed by atoms with Crippen molar-refractivity contribution in [3.05, 3.63) is 35.9 Å². The van der Waals surface area contributed by atoms with E-state index in [1.165, 1.54) is 0 Å². The Morgan fingerprint density at radius 3 is 2.29 bits per heavy atom. The Labute approximate surface area is 104 Å². The van der Waals surface area contributed by atoms with Gasteiger partial charge >= 0.3 is 0 Å². The zero-order valence-electron chi connectivity index (χ0n) is 10.0. The van der Waals surface area contributed by atoms with Crippen LogP contribution in [0.1, 0.15) is 24.8 Å². The van der Waals surface area contributed by atoms with Gasteiger partial charge < -0.3 is 0 Å². The lowest BCUT2D eigenvalue weighted by molar-refractivity contribution is 0.346. The summed E-state index contributed by atoms with van der Waals surface area (Å²) in [4.78, 5) is 0. The third-order valence-electron chi connectivity index (χ3n) is 3.20. The lowest BCUT2D eigenvalue weighted by atomic mass is 10.2. The van der Waals surface area contributed by atoms with Crippen LogP contribution in [0.3, 0.4) is 0 Å². The Kier molecular flexibility index (Phi) is 4.18. The first-order valence-electron chi connectivity index (χ1n) is 6.20. The number of aryl methyl sites for hydroxylation is 1. The number of hydrogen-bond acceptors (Lipinski definition) is 2. The Balaban J connectivity index is 1.93. The van der Waals surface area contributed by atoms with Crippen molar-refractivity contribution in [1.82, 2.24) is 4.31 Å². The molecule has 1 heterocycles. The van der Waals surface area contributed by atoms with E-state index in [1.807, 2.05) is 30.3 Å². The molecule has 0 saturated carbocycles. The molecule has 3 nitrogen and oxygen atoms in total. The maximum atomic E-state index is 12.1.